The highest BCUT2D eigenvalue weighted by molar-refractivity contribution is 5.69. The quantitative estimate of drug-likeness (QED) is 0.121. The molecule has 41 heavy (non-hydrogen) atoms. The van der Waals surface area contributed by atoms with Gasteiger partial charge in [0.05, 0.1) is 31.8 Å². The molecule has 0 radical (unpaired) electrons. The highest BCUT2D eigenvalue weighted by atomic mass is 16.6. The lowest BCUT2D eigenvalue weighted by atomic mass is 10.0. The fourth-order valence-corrected chi connectivity index (χ4v) is 4.37. The Morgan fingerprint density at radius 1 is 0.683 bits per heavy atom. The van der Waals surface area contributed by atoms with Gasteiger partial charge in [0.15, 0.2) is 23.0 Å². The van der Waals surface area contributed by atoms with Crippen molar-refractivity contribution in [2.45, 2.75) is 26.1 Å². The van der Waals surface area contributed by atoms with Gasteiger partial charge in [-0.3, -0.25) is 10.1 Å². The number of nitro groups is 1. The Bertz CT molecular complexity index is 1470. The standard InChI is InChI=1S/C33H33NO7/c1-37-29-19-20-31(39-3)33(41-23-25-13-8-5-9-14-25)28(29)21-27(34(35)36)18-17-26-15-10-16-30(38-2)32(26)40-22-24-11-6-4-7-12-24/h4-16,19-21H,17-18,22-23H2,1-3H3/b27-21+. The van der Waals surface area contributed by atoms with E-state index in [1.54, 1.807) is 19.2 Å². The van der Waals surface area contributed by atoms with E-state index in [1.165, 1.54) is 20.3 Å². The number of para-hydroxylation sites is 1. The Morgan fingerprint density at radius 3 is 1.78 bits per heavy atom. The van der Waals surface area contributed by atoms with Crippen molar-refractivity contribution in [3.8, 4) is 28.7 Å². The van der Waals surface area contributed by atoms with Crippen LogP contribution < -0.4 is 23.7 Å². The molecule has 8 nitrogen and oxygen atoms in total. The van der Waals surface area contributed by atoms with Gasteiger partial charge in [-0.25, -0.2) is 0 Å². The molecule has 0 heterocycles. The topological polar surface area (TPSA) is 89.3 Å². The lowest BCUT2D eigenvalue weighted by molar-refractivity contribution is -0.426. The number of hydrogen-bond donors (Lipinski definition) is 0. The summed E-state index contributed by atoms with van der Waals surface area (Å²) >= 11 is 0. The zero-order chi connectivity index (χ0) is 29.0. The largest absolute Gasteiger partial charge is 0.496 e. The Kier molecular flexibility index (Phi) is 10.2. The van der Waals surface area contributed by atoms with Crippen LogP contribution in [0.4, 0.5) is 0 Å². The molecule has 4 aromatic carbocycles. The molecule has 212 valence electrons. The number of aryl methyl sites for hydroxylation is 1. The number of rotatable bonds is 14. The normalized spacial score (nSPS) is 11.0. The molecular formula is C33H33NO7. The van der Waals surface area contributed by atoms with Crippen molar-refractivity contribution in [2.75, 3.05) is 21.3 Å². The predicted octanol–water partition coefficient (Wildman–Crippen LogP) is 7.12. The molecule has 0 amide bonds. The van der Waals surface area contributed by atoms with Gasteiger partial charge in [0.25, 0.3) is 0 Å². The summed E-state index contributed by atoms with van der Waals surface area (Å²) in [7, 11) is 4.61. The third-order valence-electron chi connectivity index (χ3n) is 6.49. The molecule has 4 rings (SSSR count). The molecule has 0 saturated carbocycles. The van der Waals surface area contributed by atoms with Crippen LogP contribution in [0.2, 0.25) is 0 Å². The van der Waals surface area contributed by atoms with Crippen molar-refractivity contribution < 1.29 is 28.6 Å². The highest BCUT2D eigenvalue weighted by Crippen LogP contribution is 2.40. The number of methoxy groups -OCH3 is 3. The van der Waals surface area contributed by atoms with Crippen LogP contribution in [0.3, 0.4) is 0 Å². The highest BCUT2D eigenvalue weighted by Gasteiger charge is 2.21. The first-order valence-corrected chi connectivity index (χ1v) is 13.1. The summed E-state index contributed by atoms with van der Waals surface area (Å²) in [4.78, 5) is 11.9. The summed E-state index contributed by atoms with van der Waals surface area (Å²) in [6.45, 7) is 0.597. The lowest BCUT2D eigenvalue weighted by Crippen LogP contribution is -2.05. The third-order valence-corrected chi connectivity index (χ3v) is 6.49. The number of benzene rings is 4. The van der Waals surface area contributed by atoms with Crippen molar-refractivity contribution in [1.29, 1.82) is 0 Å². The molecule has 0 aliphatic rings. The molecule has 8 heteroatoms. The summed E-state index contributed by atoms with van der Waals surface area (Å²) < 4.78 is 28.9. The van der Waals surface area contributed by atoms with Gasteiger partial charge in [0.2, 0.25) is 5.70 Å². The van der Waals surface area contributed by atoms with Crippen LogP contribution in [0.25, 0.3) is 6.08 Å². The molecule has 0 unspecified atom stereocenters. The van der Waals surface area contributed by atoms with E-state index in [-0.39, 0.29) is 23.6 Å². The molecule has 0 N–H and O–H groups in total. The fraction of sp³-hybridized carbons (Fsp3) is 0.212. The lowest BCUT2D eigenvalue weighted by Gasteiger charge is -2.17. The number of ether oxygens (including phenoxy) is 5. The second-order valence-corrected chi connectivity index (χ2v) is 9.10. The molecule has 0 bridgehead atoms. The van der Waals surface area contributed by atoms with E-state index < -0.39 is 0 Å². The molecule has 0 aromatic heterocycles. The number of hydrogen-bond acceptors (Lipinski definition) is 7. The van der Waals surface area contributed by atoms with Gasteiger partial charge in [0, 0.05) is 12.5 Å². The second-order valence-electron chi connectivity index (χ2n) is 9.10. The van der Waals surface area contributed by atoms with Crippen LogP contribution in [0.5, 0.6) is 28.7 Å². The van der Waals surface area contributed by atoms with Gasteiger partial charge >= 0.3 is 0 Å². The average Bonchev–Trinajstić information content (AvgIpc) is 3.01. The average molecular weight is 556 g/mol. The summed E-state index contributed by atoms with van der Waals surface area (Å²) in [5, 5.41) is 12.3. The molecule has 0 saturated heterocycles. The van der Waals surface area contributed by atoms with Gasteiger partial charge in [-0.05, 0) is 41.3 Å². The van der Waals surface area contributed by atoms with Gasteiger partial charge in [-0.2, -0.15) is 0 Å². The van der Waals surface area contributed by atoms with E-state index >= 15 is 0 Å². The first-order valence-electron chi connectivity index (χ1n) is 13.1. The first kappa shape index (κ1) is 29.0. The van der Waals surface area contributed by atoms with E-state index in [4.69, 9.17) is 23.7 Å². The maximum absolute atomic E-state index is 12.3. The van der Waals surface area contributed by atoms with Gasteiger partial charge in [0.1, 0.15) is 19.0 Å². The minimum Gasteiger partial charge on any atom is -0.496 e. The van der Waals surface area contributed by atoms with Gasteiger partial charge in [-0.1, -0.05) is 72.8 Å². The number of allylic oxidation sites excluding steroid dienone is 1. The fourth-order valence-electron chi connectivity index (χ4n) is 4.37. The zero-order valence-corrected chi connectivity index (χ0v) is 23.4. The minimum absolute atomic E-state index is 0.0158. The van der Waals surface area contributed by atoms with Crippen molar-refractivity contribution >= 4 is 6.08 Å². The van der Waals surface area contributed by atoms with Gasteiger partial charge in [-0.15, -0.1) is 0 Å². The van der Waals surface area contributed by atoms with Crippen molar-refractivity contribution in [1.82, 2.24) is 0 Å². The predicted molar refractivity (Wildman–Crippen MR) is 157 cm³/mol. The van der Waals surface area contributed by atoms with Crippen molar-refractivity contribution in [2.24, 2.45) is 0 Å². The third kappa shape index (κ3) is 7.57. The Morgan fingerprint density at radius 2 is 1.22 bits per heavy atom. The van der Waals surface area contributed by atoms with E-state index in [0.717, 1.165) is 16.7 Å². The van der Waals surface area contributed by atoms with E-state index in [0.29, 0.717) is 47.3 Å². The van der Waals surface area contributed by atoms with Crippen molar-refractivity contribution in [3.05, 3.63) is 129 Å². The van der Waals surface area contributed by atoms with Crippen molar-refractivity contribution in [3.63, 3.8) is 0 Å². The summed E-state index contributed by atoms with van der Waals surface area (Å²) in [5.74, 6) is 2.37. The molecule has 0 atom stereocenters. The minimum atomic E-state index is -0.384. The first-order chi connectivity index (χ1) is 20.0. The SMILES string of the molecule is COc1ccc(OC)c(OCc2ccccc2)c1/C=C(\CCc1cccc(OC)c1OCc1ccccc1)[N+](=O)[O-]. The Balaban J connectivity index is 1.63. The van der Waals surface area contributed by atoms with Crippen LogP contribution in [0.1, 0.15) is 28.7 Å². The summed E-state index contributed by atoms with van der Waals surface area (Å²) in [6.07, 6.45) is 1.97. The van der Waals surface area contributed by atoms with E-state index in [2.05, 4.69) is 0 Å². The Labute approximate surface area is 239 Å². The molecular weight excluding hydrogens is 522 g/mol. The second kappa shape index (κ2) is 14.4. The zero-order valence-electron chi connectivity index (χ0n) is 23.4. The summed E-state index contributed by atoms with van der Waals surface area (Å²) in [6, 6.07) is 28.4. The van der Waals surface area contributed by atoms with Crippen LogP contribution >= 0.6 is 0 Å². The van der Waals surface area contributed by atoms with Crippen LogP contribution in [-0.2, 0) is 19.6 Å². The molecule has 0 spiro atoms. The molecule has 4 aromatic rings. The van der Waals surface area contributed by atoms with Crippen LogP contribution in [0, 0.1) is 10.1 Å². The van der Waals surface area contributed by atoms with Crippen LogP contribution in [0.15, 0.2) is 96.7 Å². The van der Waals surface area contributed by atoms with E-state index in [1.807, 2.05) is 78.9 Å². The Hall–Kier alpha value is -4.98. The van der Waals surface area contributed by atoms with E-state index in [9.17, 15) is 10.1 Å². The van der Waals surface area contributed by atoms with Crippen LogP contribution in [-0.4, -0.2) is 26.3 Å². The molecule has 0 aliphatic carbocycles. The number of nitrogens with zero attached hydrogens (tertiary/aromatic N) is 1. The maximum atomic E-state index is 12.3. The monoisotopic (exact) mass is 555 g/mol. The molecule has 0 aliphatic heterocycles. The smallest absolute Gasteiger partial charge is 0.247 e. The summed E-state index contributed by atoms with van der Waals surface area (Å²) in [5.41, 5.74) is 3.16. The maximum Gasteiger partial charge on any atom is 0.247 e. The molecule has 0 fully saturated rings. The van der Waals surface area contributed by atoms with Gasteiger partial charge < -0.3 is 23.7 Å².